The third-order valence-electron chi connectivity index (χ3n) is 4.83. The third kappa shape index (κ3) is 6.27. The highest BCUT2D eigenvalue weighted by Crippen LogP contribution is 2.26. The number of nitrogens with one attached hydrogen (secondary N) is 1. The molecular weight excluding hydrogens is 468 g/mol. The number of nitrogens with zero attached hydrogens (tertiary/aromatic N) is 3. The van der Waals surface area contributed by atoms with Crippen molar-refractivity contribution in [2.75, 3.05) is 11.1 Å². The molecule has 3 aromatic carbocycles. The van der Waals surface area contributed by atoms with Crippen molar-refractivity contribution in [3.63, 3.8) is 0 Å². The highest BCUT2D eigenvalue weighted by atomic mass is 35.5. The van der Waals surface area contributed by atoms with Crippen molar-refractivity contribution in [2.45, 2.75) is 18.3 Å². The largest absolute Gasteiger partial charge is 0.489 e. The molecule has 34 heavy (non-hydrogen) atoms. The van der Waals surface area contributed by atoms with Gasteiger partial charge in [0.2, 0.25) is 5.91 Å². The number of halogens is 1. The number of amides is 1. The minimum atomic E-state index is -0.139. The zero-order valence-corrected chi connectivity index (χ0v) is 19.9. The Morgan fingerprint density at radius 2 is 1.85 bits per heavy atom. The second-order valence-corrected chi connectivity index (χ2v) is 8.73. The minimum Gasteiger partial charge on any atom is -0.489 e. The normalized spacial score (nSPS) is 10.6. The van der Waals surface area contributed by atoms with Crippen LogP contribution < -0.4 is 10.1 Å². The maximum Gasteiger partial charge on any atom is 0.234 e. The van der Waals surface area contributed by atoms with E-state index in [0.29, 0.717) is 34.8 Å². The lowest BCUT2D eigenvalue weighted by molar-refractivity contribution is -0.113. The van der Waals surface area contributed by atoms with E-state index in [1.54, 1.807) is 12.1 Å². The lowest BCUT2D eigenvalue weighted by atomic mass is 10.2. The van der Waals surface area contributed by atoms with Gasteiger partial charge in [-0.15, -0.1) is 16.8 Å². The highest BCUT2D eigenvalue weighted by Gasteiger charge is 2.15. The molecule has 0 saturated carbocycles. The fraction of sp³-hybridized carbons (Fsp3) is 0.115. The number of hydrogen-bond donors (Lipinski definition) is 1. The fourth-order valence-corrected chi connectivity index (χ4v) is 4.17. The van der Waals surface area contributed by atoms with Crippen LogP contribution >= 0.6 is 23.4 Å². The predicted octanol–water partition coefficient (Wildman–Crippen LogP) is 6.09. The van der Waals surface area contributed by atoms with Crippen molar-refractivity contribution in [1.82, 2.24) is 14.8 Å². The van der Waals surface area contributed by atoms with Gasteiger partial charge < -0.3 is 10.1 Å². The number of carbonyl (C=O) groups excluding carboxylic acids is 1. The van der Waals surface area contributed by atoms with Crippen molar-refractivity contribution in [2.24, 2.45) is 0 Å². The first-order valence-corrected chi connectivity index (χ1v) is 12.0. The molecule has 0 atom stereocenters. The second kappa shape index (κ2) is 11.5. The zero-order valence-electron chi connectivity index (χ0n) is 18.4. The van der Waals surface area contributed by atoms with Gasteiger partial charge in [-0.2, -0.15) is 0 Å². The van der Waals surface area contributed by atoms with Crippen LogP contribution in [0.3, 0.4) is 0 Å². The van der Waals surface area contributed by atoms with Crippen LogP contribution in [0.25, 0.3) is 11.4 Å². The first kappa shape index (κ1) is 23.6. The number of aromatic nitrogens is 3. The Labute approximate surface area is 207 Å². The monoisotopic (exact) mass is 490 g/mol. The van der Waals surface area contributed by atoms with Crippen LogP contribution in [0.2, 0.25) is 5.02 Å². The van der Waals surface area contributed by atoms with Crippen molar-refractivity contribution in [3.05, 3.63) is 102 Å². The molecule has 8 heteroatoms. The number of ether oxygens (including phenoxy) is 1. The third-order valence-corrected chi connectivity index (χ3v) is 6.03. The Balaban J connectivity index is 1.33. The SMILES string of the molecule is C=CCn1c(SCC(=O)Nc2ccc(OCc3ccccc3)cc2)nnc1-c1cccc(Cl)c1. The number of benzene rings is 3. The number of hydrogen-bond acceptors (Lipinski definition) is 5. The van der Waals surface area contributed by atoms with E-state index >= 15 is 0 Å². The minimum absolute atomic E-state index is 0.139. The lowest BCUT2D eigenvalue weighted by Crippen LogP contribution is -2.14. The molecule has 4 rings (SSSR count). The molecule has 0 aliphatic rings. The lowest BCUT2D eigenvalue weighted by Gasteiger charge is -2.09. The number of allylic oxidation sites excluding steroid dienone is 1. The molecule has 1 amide bonds. The molecule has 0 aliphatic heterocycles. The van der Waals surface area contributed by atoms with E-state index in [2.05, 4.69) is 22.1 Å². The zero-order chi connectivity index (χ0) is 23.8. The molecule has 1 heterocycles. The maximum absolute atomic E-state index is 12.5. The number of thioether (sulfide) groups is 1. The van der Waals surface area contributed by atoms with E-state index in [1.165, 1.54) is 11.8 Å². The van der Waals surface area contributed by atoms with Gasteiger partial charge in [0, 0.05) is 22.8 Å². The molecule has 0 unspecified atom stereocenters. The molecule has 0 fully saturated rings. The molecule has 4 aromatic rings. The topological polar surface area (TPSA) is 69.0 Å². The van der Waals surface area contributed by atoms with Gasteiger partial charge in [-0.05, 0) is 42.0 Å². The Morgan fingerprint density at radius 1 is 1.06 bits per heavy atom. The van der Waals surface area contributed by atoms with Crippen LogP contribution in [0.1, 0.15) is 5.56 Å². The van der Waals surface area contributed by atoms with E-state index in [0.717, 1.165) is 16.9 Å². The first-order chi connectivity index (χ1) is 16.6. The average Bonchev–Trinajstić information content (AvgIpc) is 3.26. The van der Waals surface area contributed by atoms with Crippen molar-refractivity contribution in [3.8, 4) is 17.1 Å². The summed E-state index contributed by atoms with van der Waals surface area (Å²) in [5.74, 6) is 1.47. The molecule has 0 aliphatic carbocycles. The quantitative estimate of drug-likeness (QED) is 0.215. The number of rotatable bonds is 10. The Morgan fingerprint density at radius 3 is 2.59 bits per heavy atom. The standard InChI is InChI=1S/C26H23ClN4O2S/c1-2-15-31-25(20-9-6-10-21(27)16-20)29-30-26(31)34-18-24(32)28-22-11-13-23(14-12-22)33-17-19-7-4-3-5-8-19/h2-14,16H,1,15,17-18H2,(H,28,32). The predicted molar refractivity (Wildman–Crippen MR) is 137 cm³/mol. The van der Waals surface area contributed by atoms with Gasteiger partial charge in [0.25, 0.3) is 0 Å². The van der Waals surface area contributed by atoms with Crippen LogP contribution in [0.5, 0.6) is 5.75 Å². The summed E-state index contributed by atoms with van der Waals surface area (Å²) in [6, 6.07) is 24.7. The van der Waals surface area contributed by atoms with Crippen LogP contribution in [0, 0.1) is 0 Å². The van der Waals surface area contributed by atoms with Crippen molar-refractivity contribution < 1.29 is 9.53 Å². The van der Waals surface area contributed by atoms with E-state index < -0.39 is 0 Å². The van der Waals surface area contributed by atoms with Crippen LogP contribution in [0.15, 0.2) is 96.7 Å². The van der Waals surface area contributed by atoms with Gasteiger partial charge >= 0.3 is 0 Å². The van der Waals surface area contributed by atoms with Gasteiger partial charge in [-0.25, -0.2) is 0 Å². The molecule has 0 bridgehead atoms. The molecule has 172 valence electrons. The summed E-state index contributed by atoms with van der Waals surface area (Å²) in [6.45, 7) is 4.83. The van der Waals surface area contributed by atoms with Gasteiger partial charge in [0.05, 0.1) is 5.75 Å². The van der Waals surface area contributed by atoms with Crippen molar-refractivity contribution >= 4 is 35.0 Å². The molecule has 6 nitrogen and oxygen atoms in total. The van der Waals surface area contributed by atoms with Gasteiger partial charge in [0.15, 0.2) is 11.0 Å². The van der Waals surface area contributed by atoms with E-state index in [4.69, 9.17) is 16.3 Å². The maximum atomic E-state index is 12.5. The Hall–Kier alpha value is -3.55. The van der Waals surface area contributed by atoms with Crippen molar-refractivity contribution in [1.29, 1.82) is 0 Å². The Kier molecular flexibility index (Phi) is 8.01. The van der Waals surface area contributed by atoms with Crippen LogP contribution in [-0.2, 0) is 17.9 Å². The summed E-state index contributed by atoms with van der Waals surface area (Å²) in [5, 5.41) is 12.7. The fourth-order valence-electron chi connectivity index (χ4n) is 3.23. The average molecular weight is 491 g/mol. The summed E-state index contributed by atoms with van der Waals surface area (Å²) < 4.78 is 7.70. The summed E-state index contributed by atoms with van der Waals surface area (Å²) in [4.78, 5) is 12.5. The van der Waals surface area contributed by atoms with E-state index in [-0.39, 0.29) is 11.7 Å². The van der Waals surface area contributed by atoms with Gasteiger partial charge in [-0.3, -0.25) is 9.36 Å². The molecule has 0 saturated heterocycles. The molecule has 0 spiro atoms. The summed E-state index contributed by atoms with van der Waals surface area (Å²) in [7, 11) is 0. The highest BCUT2D eigenvalue weighted by molar-refractivity contribution is 7.99. The van der Waals surface area contributed by atoms with Crippen LogP contribution in [-0.4, -0.2) is 26.4 Å². The number of anilines is 1. The second-order valence-electron chi connectivity index (χ2n) is 7.35. The number of carbonyl (C=O) groups is 1. The summed E-state index contributed by atoms with van der Waals surface area (Å²) >= 11 is 7.44. The first-order valence-electron chi connectivity index (χ1n) is 10.6. The molecular formula is C26H23ClN4O2S. The molecule has 1 aromatic heterocycles. The van der Waals surface area contributed by atoms with Gasteiger partial charge in [-0.1, -0.05) is 71.9 Å². The van der Waals surface area contributed by atoms with Crippen LogP contribution in [0.4, 0.5) is 5.69 Å². The van der Waals surface area contributed by atoms with E-state index in [1.807, 2.05) is 77.4 Å². The van der Waals surface area contributed by atoms with E-state index in [9.17, 15) is 4.79 Å². The smallest absolute Gasteiger partial charge is 0.234 e. The molecule has 0 radical (unpaired) electrons. The summed E-state index contributed by atoms with van der Waals surface area (Å²) in [6.07, 6.45) is 1.77. The van der Waals surface area contributed by atoms with Gasteiger partial charge in [0.1, 0.15) is 12.4 Å². The summed E-state index contributed by atoms with van der Waals surface area (Å²) in [5.41, 5.74) is 2.65. The Bertz CT molecular complexity index is 1260. The molecule has 1 N–H and O–H groups in total.